The molecular weight excluding hydrogens is 262 g/mol. The van der Waals surface area contributed by atoms with Crippen molar-refractivity contribution in [3.8, 4) is 6.07 Å². The summed E-state index contributed by atoms with van der Waals surface area (Å²) in [7, 11) is 0. The van der Waals surface area contributed by atoms with Gasteiger partial charge in [0.25, 0.3) is 5.91 Å². The van der Waals surface area contributed by atoms with Crippen LogP contribution in [0.3, 0.4) is 0 Å². The second-order valence-corrected chi connectivity index (χ2v) is 5.84. The summed E-state index contributed by atoms with van der Waals surface area (Å²) in [5, 5.41) is 9.30. The van der Waals surface area contributed by atoms with Crippen LogP contribution in [0.2, 0.25) is 0 Å². The van der Waals surface area contributed by atoms with Crippen LogP contribution in [0.15, 0.2) is 37.1 Å². The topological polar surface area (TPSA) is 47.3 Å². The Morgan fingerprint density at radius 3 is 2.24 bits per heavy atom. The molecule has 2 unspecified atom stereocenters. The van der Waals surface area contributed by atoms with Gasteiger partial charge < -0.3 is 9.80 Å². The molecule has 0 aliphatic carbocycles. The second-order valence-electron chi connectivity index (χ2n) is 5.84. The van der Waals surface area contributed by atoms with Crippen molar-refractivity contribution < 1.29 is 4.79 Å². The predicted molar refractivity (Wildman–Crippen MR) is 85.2 cm³/mol. The third-order valence-corrected chi connectivity index (χ3v) is 3.55. The molecule has 1 aliphatic rings. The van der Waals surface area contributed by atoms with E-state index in [4.69, 9.17) is 0 Å². The van der Waals surface area contributed by atoms with Gasteiger partial charge in [-0.25, -0.2) is 0 Å². The van der Waals surface area contributed by atoms with E-state index >= 15 is 0 Å². The molecule has 0 saturated carbocycles. The first-order chi connectivity index (χ1) is 10.0. The minimum absolute atomic E-state index is 0.181. The molecule has 1 heterocycles. The average molecular weight is 287 g/mol. The van der Waals surface area contributed by atoms with Crippen LogP contribution >= 0.6 is 0 Å². The highest BCUT2D eigenvalue weighted by molar-refractivity contribution is 5.97. The van der Waals surface area contributed by atoms with E-state index in [1.165, 1.54) is 6.42 Å². The third-order valence-electron chi connectivity index (χ3n) is 3.55. The zero-order chi connectivity index (χ0) is 15.8. The zero-order valence-electron chi connectivity index (χ0n) is 13.1. The summed E-state index contributed by atoms with van der Waals surface area (Å²) in [5.41, 5.74) is 0.181. The molecule has 0 aromatic carbocycles. The number of carbonyl (C=O) groups is 1. The van der Waals surface area contributed by atoms with E-state index in [1.807, 2.05) is 6.07 Å². The Kier molecular flexibility index (Phi) is 6.74. The summed E-state index contributed by atoms with van der Waals surface area (Å²) in [6.45, 7) is 14.3. The number of amides is 1. The number of likely N-dealkylation sites (tertiary alicyclic amines) is 1. The van der Waals surface area contributed by atoms with E-state index in [2.05, 4.69) is 31.9 Å². The Hall–Kier alpha value is -2.02. The van der Waals surface area contributed by atoms with Crippen LogP contribution in [0, 0.1) is 23.2 Å². The smallest absolute Gasteiger partial charge is 0.266 e. The molecule has 1 aliphatic heterocycles. The minimum atomic E-state index is -0.261. The summed E-state index contributed by atoms with van der Waals surface area (Å²) in [4.78, 5) is 16.1. The number of rotatable bonds is 6. The van der Waals surface area contributed by atoms with Gasteiger partial charge in [0.2, 0.25) is 0 Å². The Balaban J connectivity index is 2.87. The van der Waals surface area contributed by atoms with Crippen molar-refractivity contribution in [3.63, 3.8) is 0 Å². The molecular formula is C17H25N3O. The van der Waals surface area contributed by atoms with E-state index in [1.54, 1.807) is 23.3 Å². The van der Waals surface area contributed by atoms with Gasteiger partial charge >= 0.3 is 0 Å². The van der Waals surface area contributed by atoms with Crippen molar-refractivity contribution in [1.82, 2.24) is 9.80 Å². The maximum Gasteiger partial charge on any atom is 0.266 e. The molecule has 1 rings (SSSR count). The Labute approximate surface area is 128 Å². The molecule has 114 valence electrons. The molecule has 1 fully saturated rings. The van der Waals surface area contributed by atoms with Gasteiger partial charge in [0.15, 0.2) is 0 Å². The number of nitriles is 1. The van der Waals surface area contributed by atoms with Crippen molar-refractivity contribution in [1.29, 1.82) is 5.26 Å². The van der Waals surface area contributed by atoms with Crippen LogP contribution < -0.4 is 0 Å². The number of carbonyl (C=O) groups excluding carboxylic acids is 1. The Bertz CT molecular complexity index is 441. The first-order valence-corrected chi connectivity index (χ1v) is 7.38. The standard InChI is InChI=1S/C17H25N3O/c1-5-7-20(8-6-2)17(21)16(10-18)13-19-11-14(3)9-15(4)12-19/h5-6,13-15H,1-2,7-9,11-12H2,3-4H3/b16-13-. The molecule has 0 radical (unpaired) electrons. The first kappa shape index (κ1) is 17.0. The maximum atomic E-state index is 12.4. The Morgan fingerprint density at radius 1 is 1.29 bits per heavy atom. The summed E-state index contributed by atoms with van der Waals surface area (Å²) in [5.74, 6) is 0.901. The lowest BCUT2D eigenvalue weighted by atomic mass is 9.92. The molecule has 0 bridgehead atoms. The quantitative estimate of drug-likeness (QED) is 0.428. The van der Waals surface area contributed by atoms with E-state index in [-0.39, 0.29) is 11.5 Å². The van der Waals surface area contributed by atoms with Crippen molar-refractivity contribution in [2.45, 2.75) is 20.3 Å². The molecule has 4 heteroatoms. The highest BCUT2D eigenvalue weighted by atomic mass is 16.2. The molecule has 0 N–H and O–H groups in total. The van der Waals surface area contributed by atoms with Crippen LogP contribution in [0.25, 0.3) is 0 Å². The van der Waals surface area contributed by atoms with E-state index < -0.39 is 0 Å². The molecule has 2 atom stereocenters. The van der Waals surface area contributed by atoms with Crippen LogP contribution in [0.5, 0.6) is 0 Å². The molecule has 0 aromatic heterocycles. The molecule has 0 aromatic rings. The Morgan fingerprint density at radius 2 is 1.81 bits per heavy atom. The molecule has 0 spiro atoms. The zero-order valence-corrected chi connectivity index (χ0v) is 13.1. The van der Waals surface area contributed by atoms with Gasteiger partial charge in [0.1, 0.15) is 11.6 Å². The lowest BCUT2D eigenvalue weighted by molar-refractivity contribution is -0.125. The third kappa shape index (κ3) is 5.11. The van der Waals surface area contributed by atoms with E-state index in [0.717, 1.165) is 13.1 Å². The predicted octanol–water partition coefficient (Wildman–Crippen LogP) is 2.57. The largest absolute Gasteiger partial charge is 0.376 e. The highest BCUT2D eigenvalue weighted by Gasteiger charge is 2.22. The number of piperidine rings is 1. The minimum Gasteiger partial charge on any atom is -0.376 e. The first-order valence-electron chi connectivity index (χ1n) is 7.38. The van der Waals surface area contributed by atoms with Crippen molar-refractivity contribution in [2.24, 2.45) is 11.8 Å². The fourth-order valence-corrected chi connectivity index (χ4v) is 2.85. The monoisotopic (exact) mass is 287 g/mol. The molecule has 21 heavy (non-hydrogen) atoms. The van der Waals surface area contributed by atoms with Gasteiger partial charge in [-0.15, -0.1) is 13.2 Å². The fourth-order valence-electron chi connectivity index (χ4n) is 2.85. The normalized spacial score (nSPS) is 22.3. The second kappa shape index (κ2) is 8.31. The average Bonchev–Trinajstić information content (AvgIpc) is 2.42. The summed E-state index contributed by atoms with van der Waals surface area (Å²) < 4.78 is 0. The van der Waals surface area contributed by atoms with Gasteiger partial charge in [0.05, 0.1) is 0 Å². The van der Waals surface area contributed by atoms with Crippen LogP contribution in [0.4, 0.5) is 0 Å². The van der Waals surface area contributed by atoms with Gasteiger partial charge in [0, 0.05) is 32.4 Å². The maximum absolute atomic E-state index is 12.4. The van der Waals surface area contributed by atoms with Gasteiger partial charge in [-0.3, -0.25) is 4.79 Å². The van der Waals surface area contributed by atoms with E-state index in [0.29, 0.717) is 24.9 Å². The number of hydrogen-bond donors (Lipinski definition) is 0. The van der Waals surface area contributed by atoms with Gasteiger partial charge in [-0.1, -0.05) is 26.0 Å². The van der Waals surface area contributed by atoms with Gasteiger partial charge in [-0.2, -0.15) is 5.26 Å². The van der Waals surface area contributed by atoms with Crippen LogP contribution in [-0.2, 0) is 4.79 Å². The van der Waals surface area contributed by atoms with Crippen molar-refractivity contribution >= 4 is 5.91 Å². The number of hydrogen-bond acceptors (Lipinski definition) is 3. The van der Waals surface area contributed by atoms with Crippen molar-refractivity contribution in [3.05, 3.63) is 37.1 Å². The summed E-state index contributed by atoms with van der Waals surface area (Å²) in [6, 6.07) is 2.04. The lowest BCUT2D eigenvalue weighted by Crippen LogP contribution is -2.37. The van der Waals surface area contributed by atoms with Crippen LogP contribution in [-0.4, -0.2) is 41.9 Å². The van der Waals surface area contributed by atoms with Crippen molar-refractivity contribution in [2.75, 3.05) is 26.2 Å². The number of nitrogens with zero attached hydrogens (tertiary/aromatic N) is 3. The summed E-state index contributed by atoms with van der Waals surface area (Å²) >= 11 is 0. The van der Waals surface area contributed by atoms with E-state index in [9.17, 15) is 10.1 Å². The highest BCUT2D eigenvalue weighted by Crippen LogP contribution is 2.21. The lowest BCUT2D eigenvalue weighted by Gasteiger charge is -2.34. The molecule has 4 nitrogen and oxygen atoms in total. The van der Waals surface area contributed by atoms with Crippen LogP contribution in [0.1, 0.15) is 20.3 Å². The SMILES string of the molecule is C=CCN(CC=C)C(=O)/C(C#N)=C\N1CC(C)CC(C)C1. The van der Waals surface area contributed by atoms with Gasteiger partial charge in [-0.05, 0) is 18.3 Å². The fraction of sp³-hybridized carbons (Fsp3) is 0.529. The molecule has 1 saturated heterocycles. The molecule has 1 amide bonds. The summed E-state index contributed by atoms with van der Waals surface area (Å²) in [6.07, 6.45) is 6.22.